The number of aldehydes is 1. The number of nitrogens with one attached hydrogen (secondary N) is 1. The number of hydrogen-bond acceptors (Lipinski definition) is 4. The molecule has 0 heterocycles. The second-order valence-electron chi connectivity index (χ2n) is 5.12. The molecule has 0 saturated carbocycles. The second-order valence-corrected chi connectivity index (χ2v) is 5.55. The summed E-state index contributed by atoms with van der Waals surface area (Å²) in [5.41, 5.74) is 1.72. The van der Waals surface area contributed by atoms with Crippen molar-refractivity contribution in [1.29, 1.82) is 0 Å². The number of amides is 1. The molecule has 0 unspecified atom stereocenters. The molecule has 0 aliphatic heterocycles. The van der Waals surface area contributed by atoms with Crippen molar-refractivity contribution in [2.75, 3.05) is 7.11 Å². The minimum absolute atomic E-state index is 0.278. The van der Waals surface area contributed by atoms with Gasteiger partial charge in [0.1, 0.15) is 5.75 Å². The average Bonchev–Trinajstić information content (AvgIpc) is 2.60. The summed E-state index contributed by atoms with van der Waals surface area (Å²) in [5, 5.41) is 3.18. The van der Waals surface area contributed by atoms with Crippen LogP contribution in [0, 0.1) is 0 Å². The molecule has 6 heteroatoms. The Morgan fingerprint density at radius 2 is 1.96 bits per heavy atom. The van der Waals surface area contributed by atoms with Crippen LogP contribution in [0.4, 0.5) is 4.79 Å². The SMILES string of the molecule is COc1ccc(CNC(=O)O[C@H](C=O)Cc2cccc(Cl)c2)cc1. The summed E-state index contributed by atoms with van der Waals surface area (Å²) >= 11 is 5.90. The lowest BCUT2D eigenvalue weighted by Gasteiger charge is -2.13. The zero-order valence-corrected chi connectivity index (χ0v) is 14.0. The first-order valence-electron chi connectivity index (χ1n) is 7.38. The largest absolute Gasteiger partial charge is 0.497 e. The summed E-state index contributed by atoms with van der Waals surface area (Å²) in [6.07, 6.45) is -0.627. The average molecular weight is 348 g/mol. The molecular weight excluding hydrogens is 330 g/mol. The van der Waals surface area contributed by atoms with Crippen LogP contribution in [0.25, 0.3) is 0 Å². The maximum atomic E-state index is 11.8. The Morgan fingerprint density at radius 1 is 1.21 bits per heavy atom. The van der Waals surface area contributed by atoms with Crippen LogP contribution >= 0.6 is 11.6 Å². The molecule has 1 atom stereocenters. The van der Waals surface area contributed by atoms with Crippen molar-refractivity contribution in [2.45, 2.75) is 19.1 Å². The van der Waals surface area contributed by atoms with Crippen molar-refractivity contribution in [3.8, 4) is 5.75 Å². The molecule has 5 nitrogen and oxygen atoms in total. The number of benzene rings is 2. The van der Waals surface area contributed by atoms with Crippen LogP contribution in [0.15, 0.2) is 48.5 Å². The Bertz CT molecular complexity index is 688. The molecule has 0 bridgehead atoms. The zero-order chi connectivity index (χ0) is 17.4. The van der Waals surface area contributed by atoms with E-state index in [1.807, 2.05) is 18.2 Å². The smallest absolute Gasteiger partial charge is 0.408 e. The Morgan fingerprint density at radius 3 is 2.58 bits per heavy atom. The van der Waals surface area contributed by atoms with E-state index in [9.17, 15) is 9.59 Å². The summed E-state index contributed by atoms with van der Waals surface area (Å²) < 4.78 is 10.2. The van der Waals surface area contributed by atoms with Crippen molar-refractivity contribution in [3.05, 3.63) is 64.7 Å². The molecule has 0 aliphatic carbocycles. The molecule has 1 N–H and O–H groups in total. The van der Waals surface area contributed by atoms with E-state index in [2.05, 4.69) is 5.32 Å². The maximum Gasteiger partial charge on any atom is 0.408 e. The van der Waals surface area contributed by atoms with Gasteiger partial charge in [0.05, 0.1) is 7.11 Å². The first kappa shape index (κ1) is 17.8. The zero-order valence-electron chi connectivity index (χ0n) is 13.2. The predicted molar refractivity (Wildman–Crippen MR) is 91.3 cm³/mol. The van der Waals surface area contributed by atoms with E-state index in [0.717, 1.165) is 16.9 Å². The second kappa shape index (κ2) is 8.93. The number of rotatable bonds is 7. The molecule has 126 valence electrons. The molecular formula is C18H18ClNO4. The van der Waals surface area contributed by atoms with Crippen LogP contribution in [0.5, 0.6) is 5.75 Å². The molecule has 24 heavy (non-hydrogen) atoms. The van der Waals surface area contributed by atoms with Crippen LogP contribution < -0.4 is 10.1 Å². The quantitative estimate of drug-likeness (QED) is 0.780. The van der Waals surface area contributed by atoms with Crippen LogP contribution in [0.2, 0.25) is 5.02 Å². The van der Waals surface area contributed by atoms with Gasteiger partial charge in [-0.15, -0.1) is 0 Å². The molecule has 0 saturated heterocycles. The Kier molecular flexibility index (Phi) is 6.63. The maximum absolute atomic E-state index is 11.8. The molecule has 0 aliphatic rings. The van der Waals surface area contributed by atoms with E-state index < -0.39 is 12.2 Å². The number of alkyl carbamates (subject to hydrolysis) is 1. The number of ether oxygens (including phenoxy) is 2. The fourth-order valence-electron chi connectivity index (χ4n) is 2.11. The van der Waals surface area contributed by atoms with Gasteiger partial charge in [-0.25, -0.2) is 4.79 Å². The number of carbonyl (C=O) groups excluding carboxylic acids is 2. The van der Waals surface area contributed by atoms with Crippen LogP contribution in [-0.4, -0.2) is 25.6 Å². The molecule has 2 aromatic carbocycles. The monoisotopic (exact) mass is 347 g/mol. The van der Waals surface area contributed by atoms with Gasteiger partial charge in [-0.3, -0.25) is 4.79 Å². The van der Waals surface area contributed by atoms with E-state index in [-0.39, 0.29) is 6.42 Å². The van der Waals surface area contributed by atoms with Gasteiger partial charge < -0.3 is 14.8 Å². The normalized spacial score (nSPS) is 11.4. The van der Waals surface area contributed by atoms with Crippen molar-refractivity contribution in [2.24, 2.45) is 0 Å². The van der Waals surface area contributed by atoms with E-state index in [1.54, 1.807) is 37.4 Å². The molecule has 2 aromatic rings. The topological polar surface area (TPSA) is 64.6 Å². The predicted octanol–water partition coefficient (Wildman–Crippen LogP) is 3.39. The molecule has 0 fully saturated rings. The van der Waals surface area contributed by atoms with Crippen LogP contribution in [0.1, 0.15) is 11.1 Å². The van der Waals surface area contributed by atoms with Crippen LogP contribution in [-0.2, 0) is 22.5 Å². The van der Waals surface area contributed by atoms with Crippen molar-refractivity contribution >= 4 is 24.0 Å². The third-order valence-corrected chi connectivity index (χ3v) is 3.57. The van der Waals surface area contributed by atoms with Gasteiger partial charge in [-0.1, -0.05) is 35.9 Å². The van der Waals surface area contributed by atoms with Crippen molar-refractivity contribution < 1.29 is 19.1 Å². The number of hydrogen-bond donors (Lipinski definition) is 1. The first-order chi connectivity index (χ1) is 11.6. The Labute approximate surface area is 145 Å². The molecule has 0 aromatic heterocycles. The minimum atomic E-state index is -0.862. The highest BCUT2D eigenvalue weighted by molar-refractivity contribution is 6.30. The summed E-state index contributed by atoms with van der Waals surface area (Å²) in [5.74, 6) is 0.740. The fourth-order valence-corrected chi connectivity index (χ4v) is 2.32. The van der Waals surface area contributed by atoms with Crippen molar-refractivity contribution in [3.63, 3.8) is 0 Å². The summed E-state index contributed by atoms with van der Waals surface area (Å²) in [6.45, 7) is 0.297. The van der Waals surface area contributed by atoms with E-state index in [0.29, 0.717) is 17.9 Å². The fraction of sp³-hybridized carbons (Fsp3) is 0.222. The highest BCUT2D eigenvalue weighted by Gasteiger charge is 2.14. The molecule has 2 rings (SSSR count). The van der Waals surface area contributed by atoms with Gasteiger partial charge in [0.15, 0.2) is 12.4 Å². The van der Waals surface area contributed by atoms with Gasteiger partial charge in [-0.2, -0.15) is 0 Å². The minimum Gasteiger partial charge on any atom is -0.497 e. The Balaban J connectivity index is 1.83. The van der Waals surface area contributed by atoms with Gasteiger partial charge in [0.2, 0.25) is 0 Å². The summed E-state index contributed by atoms with van der Waals surface area (Å²) in [7, 11) is 1.59. The molecule has 0 radical (unpaired) electrons. The summed E-state index contributed by atoms with van der Waals surface area (Å²) in [4.78, 5) is 22.9. The van der Waals surface area contributed by atoms with Gasteiger partial charge in [0, 0.05) is 18.0 Å². The number of carbonyl (C=O) groups is 2. The third-order valence-electron chi connectivity index (χ3n) is 3.33. The van der Waals surface area contributed by atoms with E-state index in [4.69, 9.17) is 21.1 Å². The summed E-state index contributed by atoms with van der Waals surface area (Å²) in [6, 6.07) is 14.3. The van der Waals surface area contributed by atoms with Gasteiger partial charge in [-0.05, 0) is 35.4 Å². The van der Waals surface area contributed by atoms with E-state index >= 15 is 0 Å². The van der Waals surface area contributed by atoms with Gasteiger partial charge >= 0.3 is 6.09 Å². The third kappa shape index (κ3) is 5.59. The Hall–Kier alpha value is -2.53. The van der Waals surface area contributed by atoms with Gasteiger partial charge in [0.25, 0.3) is 0 Å². The van der Waals surface area contributed by atoms with Crippen LogP contribution in [0.3, 0.4) is 0 Å². The lowest BCUT2D eigenvalue weighted by Crippen LogP contribution is -2.30. The molecule has 1 amide bonds. The molecule has 0 spiro atoms. The van der Waals surface area contributed by atoms with Crippen molar-refractivity contribution in [1.82, 2.24) is 5.32 Å². The highest BCUT2D eigenvalue weighted by Crippen LogP contribution is 2.13. The lowest BCUT2D eigenvalue weighted by atomic mass is 10.1. The lowest BCUT2D eigenvalue weighted by molar-refractivity contribution is -0.115. The number of methoxy groups -OCH3 is 1. The first-order valence-corrected chi connectivity index (χ1v) is 7.75. The number of halogens is 1. The van der Waals surface area contributed by atoms with E-state index in [1.165, 1.54) is 0 Å². The highest BCUT2D eigenvalue weighted by atomic mass is 35.5. The standard InChI is InChI=1S/C18H18ClNO4/c1-23-16-7-5-13(6-8-16)11-20-18(22)24-17(12-21)10-14-3-2-4-15(19)9-14/h2-9,12,17H,10-11H2,1H3,(H,20,22)/t17-/m0/s1.